The van der Waals surface area contributed by atoms with E-state index in [0.717, 1.165) is 32.8 Å². The van der Waals surface area contributed by atoms with E-state index in [1.807, 2.05) is 49.4 Å². The average molecular weight is 445 g/mol. The quantitative estimate of drug-likeness (QED) is 0.465. The van der Waals surface area contributed by atoms with Gasteiger partial charge in [-0.2, -0.15) is 9.78 Å². The highest BCUT2D eigenvalue weighted by molar-refractivity contribution is 7.20. The largest absolute Gasteiger partial charge is 0.497 e. The molecule has 8 heteroatoms. The summed E-state index contributed by atoms with van der Waals surface area (Å²) in [6.45, 7) is 2.15. The summed E-state index contributed by atoms with van der Waals surface area (Å²) >= 11 is 1.50. The first-order valence-corrected chi connectivity index (χ1v) is 10.9. The predicted octanol–water partition coefficient (Wildman–Crippen LogP) is 4.29. The number of nitrogens with zero attached hydrogens (tertiary/aromatic N) is 3. The van der Waals surface area contributed by atoms with Gasteiger partial charge in [-0.25, -0.2) is 4.98 Å². The van der Waals surface area contributed by atoms with Crippen molar-refractivity contribution in [3.05, 3.63) is 59.3 Å². The molecule has 1 aliphatic heterocycles. The van der Waals surface area contributed by atoms with Gasteiger partial charge in [0.25, 0.3) is 0 Å². The molecule has 32 heavy (non-hydrogen) atoms. The molecule has 0 saturated carbocycles. The van der Waals surface area contributed by atoms with Crippen LogP contribution < -0.4 is 14.8 Å². The van der Waals surface area contributed by atoms with Crippen molar-refractivity contribution in [2.45, 2.75) is 19.3 Å². The number of methoxy groups -OCH3 is 1. The first kappa shape index (κ1) is 20.1. The monoisotopic (exact) mass is 444 g/mol. The van der Waals surface area contributed by atoms with Crippen LogP contribution in [0.4, 0.5) is 5.82 Å². The molecule has 160 valence electrons. The zero-order valence-electron chi connectivity index (χ0n) is 17.6. The normalized spacial score (nSPS) is 15.2. The lowest BCUT2D eigenvalue weighted by molar-refractivity contribution is -0.116. The lowest BCUT2D eigenvalue weighted by Crippen LogP contribution is -2.25. The summed E-state index contributed by atoms with van der Waals surface area (Å²) in [5, 5.41) is 8.44. The summed E-state index contributed by atoms with van der Waals surface area (Å²) in [5.41, 5.74) is 3.66. The third kappa shape index (κ3) is 3.47. The number of rotatable bonds is 5. The van der Waals surface area contributed by atoms with Crippen molar-refractivity contribution in [3.63, 3.8) is 0 Å². The molecule has 1 N–H and O–H groups in total. The molecule has 2 aromatic heterocycles. The number of hydrogen-bond donors (Lipinski definition) is 1. The van der Waals surface area contributed by atoms with Crippen LogP contribution in [-0.2, 0) is 4.79 Å². The van der Waals surface area contributed by atoms with E-state index in [0.29, 0.717) is 23.1 Å². The number of aryl methyl sites for hydroxylation is 1. The van der Waals surface area contributed by atoms with Crippen molar-refractivity contribution in [2.75, 3.05) is 19.0 Å². The van der Waals surface area contributed by atoms with Crippen LogP contribution in [0, 0.1) is 19.3 Å². The number of carbonyl (C=O) groups is 1. The smallest absolute Gasteiger partial charge is 0.226 e. The predicted molar refractivity (Wildman–Crippen MR) is 124 cm³/mol. The van der Waals surface area contributed by atoms with Gasteiger partial charge in [-0.1, -0.05) is 29.4 Å². The zero-order valence-corrected chi connectivity index (χ0v) is 18.4. The Bertz CT molecular complexity index is 1380. The number of fused-ring (bicyclic) bond motifs is 2. The maximum atomic E-state index is 12.7. The number of thiazole rings is 1. The summed E-state index contributed by atoms with van der Waals surface area (Å²) in [7, 11) is 1.64. The molecular formula is C24H20N4O3S. The Morgan fingerprint density at radius 2 is 2.16 bits per heavy atom. The summed E-state index contributed by atoms with van der Waals surface area (Å²) < 4.78 is 13.6. The first-order chi connectivity index (χ1) is 15.6. The Labute approximate surface area is 189 Å². The Hall–Kier alpha value is -3.83. The fourth-order valence-corrected chi connectivity index (χ4v) is 4.98. The van der Waals surface area contributed by atoms with Gasteiger partial charge in [0.1, 0.15) is 23.9 Å². The number of benzene rings is 2. The van der Waals surface area contributed by atoms with Gasteiger partial charge >= 0.3 is 0 Å². The first-order valence-electron chi connectivity index (χ1n) is 10.1. The van der Waals surface area contributed by atoms with Crippen LogP contribution in [-0.4, -0.2) is 34.4 Å². The molecule has 4 aromatic rings. The van der Waals surface area contributed by atoms with Crippen molar-refractivity contribution in [2.24, 2.45) is 0 Å². The standard InChI is InChI=1S/C24H20N4O3S/c1-4-10-31-17-7-5-6-15(11-17)18-13-21(29)26-23-22(18)14(2)27-28(23)24-25-19-9-8-16(30-3)12-20(19)32-24/h1,5-9,11-12,18H,10,13H2,2-3H3,(H,26,29)/t18-/m0/s1. The summed E-state index contributed by atoms with van der Waals surface area (Å²) in [6.07, 6.45) is 5.64. The molecule has 1 atom stereocenters. The van der Waals surface area contributed by atoms with Gasteiger partial charge in [0.2, 0.25) is 11.0 Å². The van der Waals surface area contributed by atoms with Crippen molar-refractivity contribution in [3.8, 4) is 29.0 Å². The van der Waals surface area contributed by atoms with Crippen LogP contribution in [0.1, 0.15) is 29.2 Å². The second kappa shape index (κ2) is 8.02. The van der Waals surface area contributed by atoms with E-state index < -0.39 is 0 Å². The number of hydrogen-bond acceptors (Lipinski definition) is 6. The molecule has 1 amide bonds. The van der Waals surface area contributed by atoms with Crippen LogP contribution in [0.25, 0.3) is 15.3 Å². The van der Waals surface area contributed by atoms with E-state index >= 15 is 0 Å². The fourth-order valence-electron chi connectivity index (χ4n) is 4.03. The van der Waals surface area contributed by atoms with Crippen LogP contribution in [0.15, 0.2) is 42.5 Å². The SMILES string of the molecule is C#CCOc1cccc([C@@H]2CC(=O)Nc3c2c(C)nn3-c2nc3ccc(OC)cc3s2)c1. The van der Waals surface area contributed by atoms with Crippen LogP contribution >= 0.6 is 11.3 Å². The van der Waals surface area contributed by atoms with E-state index in [2.05, 4.69) is 11.2 Å². The van der Waals surface area contributed by atoms with Gasteiger partial charge in [0.15, 0.2) is 0 Å². The molecule has 2 aromatic carbocycles. The molecule has 0 saturated heterocycles. The molecule has 7 nitrogen and oxygen atoms in total. The van der Waals surface area contributed by atoms with E-state index in [9.17, 15) is 4.79 Å². The number of ether oxygens (including phenoxy) is 2. The van der Waals surface area contributed by atoms with E-state index in [1.165, 1.54) is 11.3 Å². The molecule has 0 aliphatic carbocycles. The molecular weight excluding hydrogens is 424 g/mol. The zero-order chi connectivity index (χ0) is 22.2. The van der Waals surface area contributed by atoms with Crippen molar-refractivity contribution in [1.82, 2.24) is 14.8 Å². The lowest BCUT2D eigenvalue weighted by atomic mass is 9.86. The number of carbonyl (C=O) groups excluding carboxylic acids is 1. The third-order valence-electron chi connectivity index (χ3n) is 5.45. The average Bonchev–Trinajstić information content (AvgIpc) is 3.37. The van der Waals surface area contributed by atoms with Crippen LogP contribution in [0.3, 0.4) is 0 Å². The Morgan fingerprint density at radius 1 is 1.28 bits per heavy atom. The van der Waals surface area contributed by atoms with Gasteiger partial charge in [-0.15, -0.1) is 6.42 Å². The highest BCUT2D eigenvalue weighted by Crippen LogP contribution is 2.41. The Kier molecular flexibility index (Phi) is 5.04. The number of aromatic nitrogens is 3. The molecule has 0 bridgehead atoms. The Balaban J connectivity index is 1.59. The maximum Gasteiger partial charge on any atom is 0.226 e. The number of amides is 1. The summed E-state index contributed by atoms with van der Waals surface area (Å²) in [6, 6.07) is 13.4. The van der Waals surface area contributed by atoms with Crippen molar-refractivity contribution in [1.29, 1.82) is 0 Å². The fraction of sp³-hybridized carbons (Fsp3) is 0.208. The van der Waals surface area contributed by atoms with Gasteiger partial charge in [0.05, 0.1) is 23.0 Å². The summed E-state index contributed by atoms with van der Waals surface area (Å²) in [4.78, 5) is 17.4. The molecule has 0 fully saturated rings. The van der Waals surface area contributed by atoms with Gasteiger partial charge in [0, 0.05) is 17.9 Å². The minimum absolute atomic E-state index is 0.0682. The van der Waals surface area contributed by atoms with Crippen molar-refractivity contribution >= 4 is 33.3 Å². The van der Waals surface area contributed by atoms with Crippen molar-refractivity contribution < 1.29 is 14.3 Å². The third-order valence-corrected chi connectivity index (χ3v) is 6.44. The van der Waals surface area contributed by atoms with Crippen LogP contribution in [0.5, 0.6) is 11.5 Å². The number of nitrogens with one attached hydrogen (secondary N) is 1. The minimum Gasteiger partial charge on any atom is -0.497 e. The molecule has 0 unspecified atom stereocenters. The topological polar surface area (TPSA) is 78.3 Å². The van der Waals surface area contributed by atoms with E-state index in [1.54, 1.807) is 11.8 Å². The van der Waals surface area contributed by atoms with E-state index in [-0.39, 0.29) is 18.4 Å². The van der Waals surface area contributed by atoms with Gasteiger partial charge in [-0.05, 0) is 42.8 Å². The van der Waals surface area contributed by atoms with Gasteiger partial charge < -0.3 is 14.8 Å². The second-order valence-corrected chi connectivity index (χ2v) is 8.47. The van der Waals surface area contributed by atoms with Gasteiger partial charge in [-0.3, -0.25) is 4.79 Å². The molecule has 0 radical (unpaired) electrons. The maximum absolute atomic E-state index is 12.7. The molecule has 5 rings (SSSR count). The summed E-state index contributed by atoms with van der Waals surface area (Å²) in [5.74, 6) is 4.37. The lowest BCUT2D eigenvalue weighted by Gasteiger charge is -2.24. The molecule has 0 spiro atoms. The molecule has 3 heterocycles. The number of anilines is 1. The number of terminal acetylenes is 1. The Morgan fingerprint density at radius 3 is 2.97 bits per heavy atom. The minimum atomic E-state index is -0.142. The van der Waals surface area contributed by atoms with Crippen LogP contribution in [0.2, 0.25) is 0 Å². The highest BCUT2D eigenvalue weighted by Gasteiger charge is 2.33. The molecule has 1 aliphatic rings. The highest BCUT2D eigenvalue weighted by atomic mass is 32.1. The second-order valence-electron chi connectivity index (χ2n) is 7.46. The van der Waals surface area contributed by atoms with E-state index in [4.69, 9.17) is 26.0 Å².